The molecule has 4 nitrogen and oxygen atoms in total. The van der Waals surface area contributed by atoms with Gasteiger partial charge in [-0.15, -0.1) is 0 Å². The molecular weight excluding hydrogens is 240 g/mol. The van der Waals surface area contributed by atoms with E-state index in [1.165, 1.54) is 0 Å². The molecule has 4 heteroatoms. The lowest BCUT2D eigenvalue weighted by atomic mass is 10.2. The molecule has 1 aromatic heterocycles. The van der Waals surface area contributed by atoms with Crippen molar-refractivity contribution >= 4 is 16.8 Å². The maximum atomic E-state index is 11.3. The summed E-state index contributed by atoms with van der Waals surface area (Å²) in [5.41, 5.74) is 6.73. The molecule has 0 saturated heterocycles. The van der Waals surface area contributed by atoms with Crippen molar-refractivity contribution in [2.45, 2.75) is 0 Å². The number of fused-ring (bicyclic) bond motifs is 1. The number of para-hydroxylation sites is 1. The summed E-state index contributed by atoms with van der Waals surface area (Å²) in [4.78, 5) is 14.4. The normalized spacial score (nSPS) is 10.5. The number of benzene rings is 2. The van der Waals surface area contributed by atoms with Crippen LogP contribution in [0, 0.1) is 0 Å². The maximum Gasteiger partial charge on any atom is 0.252 e. The molecule has 3 N–H and O–H groups in total. The lowest BCUT2D eigenvalue weighted by Gasteiger charge is -2.08. The second-order valence-electron chi connectivity index (χ2n) is 4.19. The Morgan fingerprint density at radius 3 is 2.79 bits per heavy atom. The minimum atomic E-state index is -0.502. The highest BCUT2D eigenvalue weighted by Crippen LogP contribution is 2.27. The number of aromatic nitrogens is 1. The van der Waals surface area contributed by atoms with Gasteiger partial charge in [0, 0.05) is 17.1 Å². The first-order chi connectivity index (χ1) is 9.24. The topological polar surface area (TPSA) is 68.1 Å². The summed E-state index contributed by atoms with van der Waals surface area (Å²) < 4.78 is 5.73. The average Bonchev–Trinajstić information content (AvgIpc) is 2.86. The minimum Gasteiger partial charge on any atom is -0.457 e. The average molecular weight is 252 g/mol. The molecule has 1 amide bonds. The van der Waals surface area contributed by atoms with Crippen LogP contribution in [0.1, 0.15) is 10.4 Å². The van der Waals surface area contributed by atoms with Crippen molar-refractivity contribution in [1.82, 2.24) is 4.98 Å². The van der Waals surface area contributed by atoms with Crippen molar-refractivity contribution in [1.29, 1.82) is 0 Å². The number of carbonyl (C=O) groups is 1. The van der Waals surface area contributed by atoms with Crippen LogP contribution < -0.4 is 10.5 Å². The van der Waals surface area contributed by atoms with E-state index in [-0.39, 0.29) is 0 Å². The van der Waals surface area contributed by atoms with Crippen LogP contribution in [0.2, 0.25) is 0 Å². The maximum absolute atomic E-state index is 11.3. The Hall–Kier alpha value is -2.75. The Morgan fingerprint density at radius 1 is 1.11 bits per heavy atom. The summed E-state index contributed by atoms with van der Waals surface area (Å²) in [7, 11) is 0. The third kappa shape index (κ3) is 2.15. The Morgan fingerprint density at radius 2 is 1.95 bits per heavy atom. The number of hydrogen-bond acceptors (Lipinski definition) is 2. The molecule has 0 bridgehead atoms. The fourth-order valence-electron chi connectivity index (χ4n) is 1.98. The van der Waals surface area contributed by atoms with Gasteiger partial charge in [0.1, 0.15) is 11.5 Å². The van der Waals surface area contributed by atoms with Gasteiger partial charge in [-0.25, -0.2) is 0 Å². The lowest BCUT2D eigenvalue weighted by Crippen LogP contribution is -2.11. The number of amides is 1. The van der Waals surface area contributed by atoms with Gasteiger partial charge in [0.15, 0.2) is 0 Å². The SMILES string of the molecule is NC(=O)c1ccccc1Oc1ccc2[nH]ccc2c1. The molecular formula is C15H12N2O2. The molecule has 0 aliphatic heterocycles. The Balaban J connectivity index is 1.98. The van der Waals surface area contributed by atoms with Gasteiger partial charge in [0.05, 0.1) is 5.56 Å². The van der Waals surface area contributed by atoms with E-state index in [9.17, 15) is 4.79 Å². The highest BCUT2D eigenvalue weighted by Gasteiger charge is 2.09. The number of carbonyl (C=O) groups excluding carboxylic acids is 1. The standard InChI is InChI=1S/C15H12N2O2/c16-15(18)12-3-1-2-4-14(12)19-11-5-6-13-10(9-11)7-8-17-13/h1-9,17H,(H2,16,18). The fourth-order valence-corrected chi connectivity index (χ4v) is 1.98. The molecule has 1 heterocycles. The number of rotatable bonds is 3. The summed E-state index contributed by atoms with van der Waals surface area (Å²) in [6.07, 6.45) is 1.87. The Labute approximate surface area is 109 Å². The smallest absolute Gasteiger partial charge is 0.252 e. The van der Waals surface area contributed by atoms with Crippen molar-refractivity contribution in [2.24, 2.45) is 5.73 Å². The molecule has 0 radical (unpaired) electrons. The molecule has 0 saturated carbocycles. The third-order valence-electron chi connectivity index (χ3n) is 2.91. The van der Waals surface area contributed by atoms with Crippen LogP contribution >= 0.6 is 0 Å². The lowest BCUT2D eigenvalue weighted by molar-refractivity contribution is 0.0998. The molecule has 3 rings (SSSR count). The van der Waals surface area contributed by atoms with Gasteiger partial charge in [-0.3, -0.25) is 4.79 Å². The van der Waals surface area contributed by atoms with E-state index in [1.54, 1.807) is 24.3 Å². The van der Waals surface area contributed by atoms with Gasteiger partial charge in [0.25, 0.3) is 5.91 Å². The zero-order chi connectivity index (χ0) is 13.2. The second-order valence-corrected chi connectivity index (χ2v) is 4.19. The van der Waals surface area contributed by atoms with E-state index in [0.29, 0.717) is 17.1 Å². The van der Waals surface area contributed by atoms with Gasteiger partial charge >= 0.3 is 0 Å². The van der Waals surface area contributed by atoms with Crippen molar-refractivity contribution in [2.75, 3.05) is 0 Å². The summed E-state index contributed by atoms with van der Waals surface area (Å²) in [6, 6.07) is 14.6. The molecule has 0 atom stereocenters. The number of nitrogens with one attached hydrogen (secondary N) is 1. The molecule has 19 heavy (non-hydrogen) atoms. The number of hydrogen-bond donors (Lipinski definition) is 2. The quantitative estimate of drug-likeness (QED) is 0.752. The van der Waals surface area contributed by atoms with Crippen LogP contribution in [-0.2, 0) is 0 Å². The molecule has 0 aliphatic rings. The van der Waals surface area contributed by atoms with E-state index >= 15 is 0 Å². The summed E-state index contributed by atoms with van der Waals surface area (Å²) in [6.45, 7) is 0. The van der Waals surface area contributed by atoms with Crippen LogP contribution in [0.25, 0.3) is 10.9 Å². The molecule has 2 aromatic carbocycles. The number of nitrogens with two attached hydrogens (primary N) is 1. The van der Waals surface area contributed by atoms with Crippen LogP contribution in [0.3, 0.4) is 0 Å². The van der Waals surface area contributed by atoms with Crippen molar-refractivity contribution in [3.05, 3.63) is 60.3 Å². The molecule has 0 spiro atoms. The highest BCUT2D eigenvalue weighted by molar-refractivity contribution is 5.95. The predicted molar refractivity (Wildman–Crippen MR) is 73.3 cm³/mol. The first-order valence-corrected chi connectivity index (χ1v) is 5.88. The minimum absolute atomic E-state index is 0.372. The monoisotopic (exact) mass is 252 g/mol. The molecule has 0 aliphatic carbocycles. The Bertz CT molecular complexity index is 746. The summed E-state index contributed by atoms with van der Waals surface area (Å²) in [5.74, 6) is 0.629. The van der Waals surface area contributed by atoms with Crippen LogP contribution in [-0.4, -0.2) is 10.9 Å². The van der Waals surface area contributed by atoms with E-state index in [1.807, 2.05) is 30.5 Å². The van der Waals surface area contributed by atoms with E-state index in [4.69, 9.17) is 10.5 Å². The van der Waals surface area contributed by atoms with Gasteiger partial charge in [-0.05, 0) is 36.4 Å². The van der Waals surface area contributed by atoms with Crippen LogP contribution in [0.4, 0.5) is 0 Å². The van der Waals surface area contributed by atoms with E-state index in [0.717, 1.165) is 10.9 Å². The van der Waals surface area contributed by atoms with Crippen molar-refractivity contribution in [3.63, 3.8) is 0 Å². The first kappa shape index (κ1) is 11.3. The number of H-pyrrole nitrogens is 1. The first-order valence-electron chi connectivity index (χ1n) is 5.88. The van der Waals surface area contributed by atoms with Gasteiger partial charge < -0.3 is 15.5 Å². The number of ether oxygens (including phenoxy) is 1. The summed E-state index contributed by atoms with van der Waals surface area (Å²) >= 11 is 0. The fraction of sp³-hybridized carbons (Fsp3) is 0. The van der Waals surface area contributed by atoms with Gasteiger partial charge in [0.2, 0.25) is 0 Å². The third-order valence-corrected chi connectivity index (χ3v) is 2.91. The second kappa shape index (κ2) is 4.49. The van der Waals surface area contributed by atoms with Gasteiger partial charge in [-0.1, -0.05) is 12.1 Å². The van der Waals surface area contributed by atoms with E-state index < -0.39 is 5.91 Å². The van der Waals surface area contributed by atoms with Gasteiger partial charge in [-0.2, -0.15) is 0 Å². The number of primary amides is 1. The molecule has 3 aromatic rings. The zero-order valence-electron chi connectivity index (χ0n) is 10.1. The molecule has 94 valence electrons. The highest BCUT2D eigenvalue weighted by atomic mass is 16.5. The van der Waals surface area contributed by atoms with E-state index in [2.05, 4.69) is 4.98 Å². The Kier molecular flexibility index (Phi) is 2.68. The van der Waals surface area contributed by atoms with Crippen molar-refractivity contribution < 1.29 is 9.53 Å². The summed E-state index contributed by atoms with van der Waals surface area (Å²) in [5, 5.41) is 1.05. The molecule has 0 fully saturated rings. The van der Waals surface area contributed by atoms with Crippen LogP contribution in [0.5, 0.6) is 11.5 Å². The molecule has 0 unspecified atom stereocenters. The largest absolute Gasteiger partial charge is 0.457 e. The van der Waals surface area contributed by atoms with Crippen LogP contribution in [0.15, 0.2) is 54.7 Å². The zero-order valence-corrected chi connectivity index (χ0v) is 10.1. The van der Waals surface area contributed by atoms with Crippen molar-refractivity contribution in [3.8, 4) is 11.5 Å². The number of aromatic amines is 1. The predicted octanol–water partition coefficient (Wildman–Crippen LogP) is 3.06.